The second kappa shape index (κ2) is 10.7. The molecule has 0 aliphatic carbocycles. The van der Waals surface area contributed by atoms with Crippen LogP contribution in [-0.4, -0.2) is 53.4 Å². The maximum absolute atomic E-state index is 8.56. The first-order valence-corrected chi connectivity index (χ1v) is 2.85. The quantitative estimate of drug-likeness (QED) is 0.386. The fraction of sp³-hybridized carbons (Fsp3) is 0. The largest absolute Gasteiger partial charge is 0 e. The molecule has 0 saturated carbocycles. The molecule has 3 nitrogen and oxygen atoms in total. The maximum atomic E-state index is 8.56. The minimum Gasteiger partial charge on any atom is 0 e. The summed E-state index contributed by atoms with van der Waals surface area (Å²) >= 11 is -3.94. The molecule has 0 heterocycles. The molecule has 0 amide bonds. The molecule has 0 aromatic heterocycles. The van der Waals surface area contributed by atoms with Crippen LogP contribution in [0.4, 0.5) is 0 Å². The zero-order valence-electron chi connectivity index (χ0n) is 2.88. The average Bonchev–Trinajstić information content (AvgIpc) is 0.811. The third-order valence-corrected chi connectivity index (χ3v) is 0. The SMILES string of the molecule is [Ca+2].[O-][As]([O-])[O-].[U]. The average molecular weight is 401 g/mol. The summed E-state index contributed by atoms with van der Waals surface area (Å²) in [6.45, 7) is 0. The van der Waals surface area contributed by atoms with Gasteiger partial charge in [0.25, 0.3) is 0 Å². The molecule has 6 heavy (non-hydrogen) atoms. The minimum atomic E-state index is -3.94. The van der Waals surface area contributed by atoms with Gasteiger partial charge in [-0.05, 0) is 0 Å². The van der Waals surface area contributed by atoms with Gasteiger partial charge < -0.3 is 0 Å². The van der Waals surface area contributed by atoms with E-state index in [-0.39, 0.29) is 68.9 Å². The van der Waals surface area contributed by atoms with Crippen molar-refractivity contribution in [3.8, 4) is 0 Å². The van der Waals surface area contributed by atoms with Crippen LogP contribution in [0.3, 0.4) is 0 Å². The van der Waals surface area contributed by atoms with Crippen molar-refractivity contribution in [2.45, 2.75) is 0 Å². The van der Waals surface area contributed by atoms with E-state index in [0.717, 1.165) is 0 Å². The molecule has 6 heteroatoms. The monoisotopic (exact) mass is 401 g/mol. The van der Waals surface area contributed by atoms with Crippen LogP contribution in [-0.2, 0) is 0 Å². The van der Waals surface area contributed by atoms with Crippen LogP contribution < -0.4 is 12.3 Å². The Morgan fingerprint density at radius 2 is 1.00 bits per heavy atom. The fourth-order valence-corrected chi connectivity index (χ4v) is 0. The zero-order chi connectivity index (χ0) is 3.58. The van der Waals surface area contributed by atoms with Crippen molar-refractivity contribution in [1.29, 1.82) is 0 Å². The smallest absolute Gasteiger partial charge is 0 e. The summed E-state index contributed by atoms with van der Waals surface area (Å²) in [5.41, 5.74) is 0. The Morgan fingerprint density at radius 1 is 1.00 bits per heavy atom. The third kappa shape index (κ3) is 29.5. The van der Waals surface area contributed by atoms with E-state index in [1.807, 2.05) is 0 Å². The zero-order valence-corrected chi connectivity index (χ0v) is 11.1. The maximum Gasteiger partial charge on any atom is 0 e. The molecule has 0 radical (unpaired) electrons. The Kier molecular flexibility index (Phi) is 28.3. The molecular formula is AsCaO3U-. The third-order valence-electron chi connectivity index (χ3n) is 0. The van der Waals surface area contributed by atoms with Crippen LogP contribution in [0.15, 0.2) is 0 Å². The van der Waals surface area contributed by atoms with Crippen molar-refractivity contribution in [3.63, 3.8) is 0 Å². The van der Waals surface area contributed by atoms with Gasteiger partial charge in [-0.25, -0.2) is 0 Å². The molecule has 0 aliphatic rings. The Hall–Kier alpha value is 2.75. The summed E-state index contributed by atoms with van der Waals surface area (Å²) in [5, 5.41) is 0. The standard InChI is InChI=1S/AsO3.Ca.U/c2-1(3)4;;/q-3;+2;. The summed E-state index contributed by atoms with van der Waals surface area (Å²) in [6.07, 6.45) is 0. The molecule has 0 aliphatic heterocycles. The van der Waals surface area contributed by atoms with Crippen LogP contribution >= 0.6 is 0 Å². The van der Waals surface area contributed by atoms with E-state index in [9.17, 15) is 0 Å². The van der Waals surface area contributed by atoms with Crippen molar-refractivity contribution in [1.82, 2.24) is 0 Å². The Labute approximate surface area is 94.8 Å². The topological polar surface area (TPSA) is 69.2 Å². The van der Waals surface area contributed by atoms with E-state index < -0.39 is 15.7 Å². The van der Waals surface area contributed by atoms with Gasteiger partial charge in [0.05, 0.1) is 0 Å². The summed E-state index contributed by atoms with van der Waals surface area (Å²) < 4.78 is 25.7. The number of hydrogen-bond acceptors (Lipinski definition) is 3. The summed E-state index contributed by atoms with van der Waals surface area (Å²) in [4.78, 5) is 0. The van der Waals surface area contributed by atoms with Crippen molar-refractivity contribution in [2.75, 3.05) is 0 Å². The molecule has 0 atom stereocenters. The van der Waals surface area contributed by atoms with Gasteiger partial charge in [0, 0.05) is 31.1 Å². The molecular weight excluding hydrogens is 401 g/mol. The predicted molar refractivity (Wildman–Crippen MR) is 11.5 cm³/mol. The van der Waals surface area contributed by atoms with Crippen LogP contribution in [0, 0.1) is 31.1 Å². The Bertz CT molecular complexity index is 15.5. The van der Waals surface area contributed by atoms with Crippen molar-refractivity contribution < 1.29 is 43.4 Å². The normalized spacial score (nSPS) is 6.00. The first kappa shape index (κ1) is 15.9. The molecule has 0 bridgehead atoms. The second-order valence-electron chi connectivity index (χ2n) is 0.224. The summed E-state index contributed by atoms with van der Waals surface area (Å²) in [5.74, 6) is 0. The van der Waals surface area contributed by atoms with Crippen LogP contribution in [0.2, 0.25) is 0 Å². The van der Waals surface area contributed by atoms with E-state index in [0.29, 0.717) is 0 Å². The predicted octanol–water partition coefficient (Wildman–Crippen LogP) is -4.33. The van der Waals surface area contributed by atoms with Gasteiger partial charge in [0.2, 0.25) is 0 Å². The van der Waals surface area contributed by atoms with Gasteiger partial charge in [0.1, 0.15) is 0 Å². The van der Waals surface area contributed by atoms with E-state index in [1.165, 1.54) is 0 Å². The summed E-state index contributed by atoms with van der Waals surface area (Å²) in [7, 11) is 0. The van der Waals surface area contributed by atoms with Gasteiger partial charge in [-0.15, -0.1) is 0 Å². The van der Waals surface area contributed by atoms with Crippen LogP contribution in [0.5, 0.6) is 0 Å². The molecule has 0 spiro atoms. The number of rotatable bonds is 0. The minimum absolute atomic E-state index is 0. The molecule has 0 saturated heterocycles. The first-order valence-electron chi connectivity index (χ1n) is 0.548. The van der Waals surface area contributed by atoms with Crippen LogP contribution in [0.1, 0.15) is 0 Å². The second-order valence-corrected chi connectivity index (χ2v) is 1.16. The van der Waals surface area contributed by atoms with Crippen molar-refractivity contribution in [3.05, 3.63) is 0 Å². The van der Waals surface area contributed by atoms with E-state index in [4.69, 9.17) is 12.3 Å². The first-order chi connectivity index (χ1) is 1.73. The van der Waals surface area contributed by atoms with Crippen molar-refractivity contribution in [2.24, 2.45) is 0 Å². The molecule has 0 unspecified atom stereocenters. The van der Waals surface area contributed by atoms with E-state index >= 15 is 0 Å². The molecule has 0 fully saturated rings. The van der Waals surface area contributed by atoms with Gasteiger partial charge >= 0.3 is 65.7 Å². The molecule has 0 rings (SSSR count). The van der Waals surface area contributed by atoms with Crippen LogP contribution in [0.25, 0.3) is 0 Å². The van der Waals surface area contributed by atoms with Gasteiger partial charge in [-0.1, -0.05) is 0 Å². The van der Waals surface area contributed by atoms with E-state index in [1.54, 1.807) is 0 Å². The Balaban J connectivity index is -0.0000000450. The number of hydrogen-bond donors (Lipinski definition) is 0. The van der Waals surface area contributed by atoms with E-state index in [2.05, 4.69) is 0 Å². The molecule has 0 aromatic rings. The molecule has 30 valence electrons. The molecule has 0 aromatic carbocycles. The molecule has 0 N–H and O–H groups in total. The van der Waals surface area contributed by atoms with Gasteiger partial charge in [-0.2, -0.15) is 0 Å². The fourth-order valence-electron chi connectivity index (χ4n) is 0. The Morgan fingerprint density at radius 3 is 1.00 bits per heavy atom. The summed E-state index contributed by atoms with van der Waals surface area (Å²) in [6, 6.07) is 0. The van der Waals surface area contributed by atoms with Gasteiger partial charge in [0.15, 0.2) is 0 Å². The van der Waals surface area contributed by atoms with Crippen molar-refractivity contribution >= 4 is 53.4 Å². The van der Waals surface area contributed by atoms with Gasteiger partial charge in [-0.3, -0.25) is 0 Å².